The maximum atomic E-state index is 13.5. The molecule has 2 saturated heterocycles. The van der Waals surface area contributed by atoms with Gasteiger partial charge in [0.15, 0.2) is 10.3 Å². The van der Waals surface area contributed by atoms with Gasteiger partial charge in [0.05, 0.1) is 21.2 Å². The smallest absolute Gasteiger partial charge is 0.243 e. The number of rotatable bonds is 10. The summed E-state index contributed by atoms with van der Waals surface area (Å²) in [6.45, 7) is 12.1. The Bertz CT molecular complexity index is 2540. The minimum absolute atomic E-state index is 0.000934. The molecule has 16 heteroatoms. The van der Waals surface area contributed by atoms with Crippen molar-refractivity contribution in [3.05, 3.63) is 152 Å². The molecule has 0 atom stereocenters. The Morgan fingerprint density at radius 2 is 1.02 bits per heavy atom. The fraction of sp³-hybridized carbons (Fsp3) is 0.318. The molecule has 10 nitrogen and oxygen atoms in total. The van der Waals surface area contributed by atoms with Crippen LogP contribution >= 0.6 is 22.7 Å². The van der Waals surface area contributed by atoms with Crippen molar-refractivity contribution in [1.82, 2.24) is 18.6 Å². The van der Waals surface area contributed by atoms with E-state index in [0.29, 0.717) is 52.4 Å². The molecule has 0 radical (unpaired) electrons. The summed E-state index contributed by atoms with van der Waals surface area (Å²) in [6.07, 6.45) is 1.58. The lowest BCUT2D eigenvalue weighted by Gasteiger charge is -2.33. The number of anilines is 2. The number of piperazine rings is 2. The number of halogens is 2. The Hall–Kier alpha value is -4.58. The third-order valence-electron chi connectivity index (χ3n) is 10.9. The van der Waals surface area contributed by atoms with Crippen molar-refractivity contribution in [1.29, 1.82) is 0 Å². The van der Waals surface area contributed by atoms with Gasteiger partial charge in [0.1, 0.15) is 11.6 Å². The summed E-state index contributed by atoms with van der Waals surface area (Å²) in [6, 6.07) is 23.1. The number of hydrogen-bond acceptors (Lipinski definition) is 10. The molecule has 0 N–H and O–H groups in total. The first-order valence-corrected chi connectivity index (χ1v) is 24.3. The molecule has 2 aromatic heterocycles. The first-order chi connectivity index (χ1) is 28.7. The van der Waals surface area contributed by atoms with Crippen LogP contribution in [0, 0.1) is 39.3 Å². The van der Waals surface area contributed by atoms with Crippen LogP contribution in [0.15, 0.2) is 105 Å². The molecule has 2 aliphatic rings. The Morgan fingerprint density at radius 1 is 0.550 bits per heavy atom. The number of hydrogen-bond donors (Lipinski definition) is 0. The van der Waals surface area contributed by atoms with Gasteiger partial charge in [-0.25, -0.2) is 35.6 Å². The second-order valence-corrected chi connectivity index (χ2v) is 20.6. The van der Waals surface area contributed by atoms with E-state index in [2.05, 4.69) is 84.7 Å². The fourth-order valence-corrected chi connectivity index (χ4v) is 11.9. The summed E-state index contributed by atoms with van der Waals surface area (Å²) in [5.41, 5.74) is 9.67. The lowest BCUT2D eigenvalue weighted by atomic mass is 10.0. The van der Waals surface area contributed by atoms with Gasteiger partial charge in [-0.15, -0.1) is 22.7 Å². The number of aromatic nitrogens is 2. The van der Waals surface area contributed by atoms with E-state index < -0.39 is 31.7 Å². The Morgan fingerprint density at radius 3 is 1.50 bits per heavy atom. The molecule has 0 saturated carbocycles. The van der Waals surface area contributed by atoms with Crippen LogP contribution in [0.3, 0.4) is 0 Å². The van der Waals surface area contributed by atoms with Crippen LogP contribution in [-0.2, 0) is 32.9 Å². The molecular formula is C44H48F2N6O4S4. The number of benzene rings is 4. The van der Waals surface area contributed by atoms with Gasteiger partial charge in [0.25, 0.3) is 0 Å². The molecule has 4 heterocycles. The molecule has 2 aliphatic heterocycles. The normalized spacial score (nSPS) is 15.5. The van der Waals surface area contributed by atoms with Crippen LogP contribution in [0.25, 0.3) is 0 Å². The summed E-state index contributed by atoms with van der Waals surface area (Å²) in [4.78, 5) is 13.8. The molecule has 8 rings (SSSR count). The number of nitrogens with zero attached hydrogens (tertiary/aromatic N) is 6. The molecule has 60 heavy (non-hydrogen) atoms. The fourth-order valence-electron chi connectivity index (χ4n) is 7.22. The van der Waals surface area contributed by atoms with Gasteiger partial charge >= 0.3 is 0 Å². The molecule has 2 fully saturated rings. The molecule has 0 bridgehead atoms. The summed E-state index contributed by atoms with van der Waals surface area (Å²) in [7, 11) is -7.37. The minimum Gasteiger partial charge on any atom is -0.345 e. The zero-order valence-corrected chi connectivity index (χ0v) is 37.3. The Balaban J connectivity index is 0.000000181. The molecule has 4 aromatic carbocycles. The van der Waals surface area contributed by atoms with Gasteiger partial charge in [0.2, 0.25) is 20.0 Å². The largest absolute Gasteiger partial charge is 0.345 e. The van der Waals surface area contributed by atoms with E-state index in [1.165, 1.54) is 78.4 Å². The highest BCUT2D eigenvalue weighted by molar-refractivity contribution is 7.89. The second-order valence-electron chi connectivity index (χ2n) is 15.1. The van der Waals surface area contributed by atoms with Crippen molar-refractivity contribution < 1.29 is 25.6 Å². The van der Waals surface area contributed by atoms with E-state index in [1.54, 1.807) is 22.7 Å². The Labute approximate surface area is 359 Å². The van der Waals surface area contributed by atoms with Crippen molar-refractivity contribution >= 4 is 53.0 Å². The van der Waals surface area contributed by atoms with Crippen molar-refractivity contribution in [2.45, 2.75) is 50.3 Å². The molecule has 6 aromatic rings. The van der Waals surface area contributed by atoms with Gasteiger partial charge < -0.3 is 9.80 Å². The monoisotopic (exact) mass is 890 g/mol. The quantitative estimate of drug-likeness (QED) is 0.136. The first kappa shape index (κ1) is 43.5. The first-order valence-electron chi connectivity index (χ1n) is 19.7. The summed E-state index contributed by atoms with van der Waals surface area (Å²) < 4.78 is 80.9. The van der Waals surface area contributed by atoms with Gasteiger partial charge in [-0.3, -0.25) is 0 Å². The number of sulfonamides is 2. The van der Waals surface area contributed by atoms with Crippen molar-refractivity contribution in [2.24, 2.45) is 0 Å². The predicted octanol–water partition coefficient (Wildman–Crippen LogP) is 8.00. The maximum absolute atomic E-state index is 13.5. The minimum atomic E-state index is -3.68. The highest BCUT2D eigenvalue weighted by Crippen LogP contribution is 2.28. The highest BCUT2D eigenvalue weighted by Gasteiger charge is 2.31. The third-order valence-corrected chi connectivity index (χ3v) is 16.6. The predicted molar refractivity (Wildman–Crippen MR) is 236 cm³/mol. The Kier molecular flexibility index (Phi) is 13.5. The summed E-state index contributed by atoms with van der Waals surface area (Å²) in [5.74, 6) is -1.09. The molecule has 0 amide bonds. The van der Waals surface area contributed by atoms with Crippen LogP contribution in [0.1, 0.15) is 44.8 Å². The van der Waals surface area contributed by atoms with E-state index in [0.717, 1.165) is 46.6 Å². The topological polar surface area (TPSA) is 107 Å². The van der Waals surface area contributed by atoms with E-state index >= 15 is 0 Å². The summed E-state index contributed by atoms with van der Waals surface area (Å²) >= 11 is 3.18. The third kappa shape index (κ3) is 10.1. The van der Waals surface area contributed by atoms with Gasteiger partial charge in [-0.05, 0) is 91.9 Å². The molecule has 0 spiro atoms. The van der Waals surface area contributed by atoms with Crippen molar-refractivity contribution in [3.63, 3.8) is 0 Å². The van der Waals surface area contributed by atoms with E-state index in [9.17, 15) is 25.6 Å². The van der Waals surface area contributed by atoms with Crippen LogP contribution < -0.4 is 9.80 Å². The van der Waals surface area contributed by atoms with Gasteiger partial charge in [0, 0.05) is 76.0 Å². The van der Waals surface area contributed by atoms with Crippen LogP contribution in [0.4, 0.5) is 19.0 Å². The van der Waals surface area contributed by atoms with Crippen molar-refractivity contribution in [3.8, 4) is 0 Å². The highest BCUT2D eigenvalue weighted by atomic mass is 32.2. The number of aryl methyl sites for hydroxylation is 3. The van der Waals surface area contributed by atoms with E-state index in [-0.39, 0.29) is 9.79 Å². The molecule has 0 unspecified atom stereocenters. The lowest BCUT2D eigenvalue weighted by molar-refractivity contribution is 0.384. The lowest BCUT2D eigenvalue weighted by Crippen LogP contribution is -2.48. The SMILES string of the molecule is Cc1ccc(C)c(Cc2csc(N3CCN(S(=O)(=O)c4cccc(F)c4)CC3)n2)c1.Cc1cccc(Cc2csc(N3CCN(S(=O)(=O)c4cccc(F)c4)CC3)n2)c1C. The second kappa shape index (κ2) is 18.6. The van der Waals surface area contributed by atoms with E-state index in [4.69, 9.17) is 9.97 Å². The van der Waals surface area contributed by atoms with Gasteiger partial charge in [-0.2, -0.15) is 8.61 Å². The zero-order valence-electron chi connectivity index (χ0n) is 34.0. The molecule has 0 aliphatic carbocycles. The molecular weight excluding hydrogens is 843 g/mol. The number of thiazole rings is 2. The van der Waals surface area contributed by atoms with Gasteiger partial charge in [-0.1, -0.05) is 54.1 Å². The maximum Gasteiger partial charge on any atom is 0.243 e. The standard InChI is InChI=1S/2C22H24FN3O2S2/c1-16-5-3-6-18(17(16)2)13-20-15-29-22(24-20)25-9-11-26(12-10-25)30(27,28)21-8-4-7-19(23)14-21;1-16-6-7-17(2)18(12-16)13-20-15-29-22(24-20)25-8-10-26(11-9-25)30(27,28)21-5-3-4-19(23)14-21/h3-8,14-15H,9-13H2,1-2H3;3-7,12,14-15H,8-11,13H2,1-2H3. The van der Waals surface area contributed by atoms with Crippen LogP contribution in [0.5, 0.6) is 0 Å². The van der Waals surface area contributed by atoms with E-state index in [1.807, 2.05) is 0 Å². The average Bonchev–Trinajstić information content (AvgIpc) is 3.92. The zero-order chi connectivity index (χ0) is 42.6. The van der Waals surface area contributed by atoms with Crippen LogP contribution in [-0.4, -0.2) is 87.8 Å². The van der Waals surface area contributed by atoms with Crippen LogP contribution in [0.2, 0.25) is 0 Å². The average molecular weight is 891 g/mol. The summed E-state index contributed by atoms with van der Waals surface area (Å²) in [5, 5.41) is 5.98. The molecule has 316 valence electrons. The van der Waals surface area contributed by atoms with Crippen molar-refractivity contribution in [2.75, 3.05) is 62.2 Å².